The van der Waals surface area contributed by atoms with Crippen molar-refractivity contribution in [3.63, 3.8) is 0 Å². The van der Waals surface area contributed by atoms with Crippen LogP contribution in [0.1, 0.15) is 5.56 Å². The SMILES string of the molecule is Cc1ccc2c(c1)c(N=Nc1nnc3c(n1)[nH]c1ccccc13)c(O)n2C. The summed E-state index contributed by atoms with van der Waals surface area (Å²) in [4.78, 5) is 7.58. The molecule has 0 radical (unpaired) electrons. The number of rotatable bonds is 2. The summed E-state index contributed by atoms with van der Waals surface area (Å²) in [6.07, 6.45) is 0. The minimum atomic E-state index is 0.0407. The van der Waals surface area contributed by atoms with Crippen molar-refractivity contribution < 1.29 is 5.11 Å². The van der Waals surface area contributed by atoms with Crippen LogP contribution in [0.3, 0.4) is 0 Å². The Kier molecular flexibility index (Phi) is 3.20. The molecule has 0 atom stereocenters. The van der Waals surface area contributed by atoms with Crippen LogP contribution in [0.25, 0.3) is 33.0 Å². The van der Waals surface area contributed by atoms with Gasteiger partial charge in [0.1, 0.15) is 5.52 Å². The van der Waals surface area contributed by atoms with Gasteiger partial charge < -0.3 is 14.7 Å². The summed E-state index contributed by atoms with van der Waals surface area (Å²) in [6, 6.07) is 13.7. The molecule has 0 amide bonds. The largest absolute Gasteiger partial charge is 0.493 e. The second kappa shape index (κ2) is 5.60. The molecule has 8 heteroatoms. The molecule has 132 valence electrons. The van der Waals surface area contributed by atoms with Gasteiger partial charge in [0.05, 0.1) is 5.52 Å². The van der Waals surface area contributed by atoms with Crippen LogP contribution in [-0.2, 0) is 7.05 Å². The third-order valence-corrected chi connectivity index (χ3v) is 4.65. The Morgan fingerprint density at radius 2 is 1.89 bits per heavy atom. The first-order valence-electron chi connectivity index (χ1n) is 8.43. The van der Waals surface area contributed by atoms with Crippen molar-refractivity contribution in [2.45, 2.75) is 6.92 Å². The fraction of sp³-hybridized carbons (Fsp3) is 0.105. The van der Waals surface area contributed by atoms with Crippen LogP contribution in [0.2, 0.25) is 0 Å². The Morgan fingerprint density at radius 1 is 1.04 bits per heavy atom. The molecule has 3 heterocycles. The Bertz CT molecular complexity index is 1360. The molecule has 2 N–H and O–H groups in total. The van der Waals surface area contributed by atoms with Crippen LogP contribution in [0.4, 0.5) is 11.6 Å². The van der Waals surface area contributed by atoms with Gasteiger partial charge in [-0.15, -0.1) is 20.4 Å². The maximum Gasteiger partial charge on any atom is 0.289 e. The fourth-order valence-corrected chi connectivity index (χ4v) is 3.27. The van der Waals surface area contributed by atoms with Gasteiger partial charge in [-0.1, -0.05) is 29.8 Å². The van der Waals surface area contributed by atoms with E-state index in [2.05, 4.69) is 30.4 Å². The van der Waals surface area contributed by atoms with Gasteiger partial charge in [0, 0.05) is 23.3 Å². The van der Waals surface area contributed by atoms with Crippen LogP contribution in [0, 0.1) is 6.92 Å². The van der Waals surface area contributed by atoms with Gasteiger partial charge in [-0.25, -0.2) is 0 Å². The molecule has 0 aliphatic rings. The van der Waals surface area contributed by atoms with Gasteiger partial charge in [-0.3, -0.25) is 0 Å². The van der Waals surface area contributed by atoms with Gasteiger partial charge in [0.2, 0.25) is 5.88 Å². The quantitative estimate of drug-likeness (QED) is 0.456. The highest BCUT2D eigenvalue weighted by Crippen LogP contribution is 2.38. The van der Waals surface area contributed by atoms with Crippen LogP contribution >= 0.6 is 0 Å². The predicted molar refractivity (Wildman–Crippen MR) is 103 cm³/mol. The molecule has 5 rings (SSSR count). The molecule has 0 saturated heterocycles. The molecule has 0 saturated carbocycles. The van der Waals surface area contributed by atoms with Crippen LogP contribution < -0.4 is 0 Å². The number of aryl methyl sites for hydroxylation is 2. The summed E-state index contributed by atoms with van der Waals surface area (Å²) < 4.78 is 1.67. The number of hydrogen-bond donors (Lipinski definition) is 2. The molecule has 3 aromatic heterocycles. The summed E-state index contributed by atoms with van der Waals surface area (Å²) >= 11 is 0. The fourth-order valence-electron chi connectivity index (χ4n) is 3.27. The molecule has 2 aromatic carbocycles. The molecule has 5 aromatic rings. The number of azo groups is 1. The third kappa shape index (κ3) is 2.34. The Labute approximate surface area is 153 Å². The summed E-state index contributed by atoms with van der Waals surface area (Å²) in [5.74, 6) is 0.164. The third-order valence-electron chi connectivity index (χ3n) is 4.65. The standard InChI is InChI=1S/C19H15N7O/c1-10-7-8-14-12(9-10)16(18(27)26(14)2)23-25-19-21-17-15(22-24-19)11-5-3-4-6-13(11)20-17/h3-9,27H,1-2H3,(H,20,21,24). The zero-order valence-corrected chi connectivity index (χ0v) is 14.7. The summed E-state index contributed by atoms with van der Waals surface area (Å²) in [7, 11) is 1.78. The average Bonchev–Trinajstić information content (AvgIpc) is 3.15. The monoisotopic (exact) mass is 357 g/mol. The van der Waals surface area contributed by atoms with E-state index in [1.54, 1.807) is 11.6 Å². The van der Waals surface area contributed by atoms with Crippen LogP contribution in [-0.4, -0.2) is 29.8 Å². The lowest BCUT2D eigenvalue weighted by Crippen LogP contribution is -1.86. The number of nitrogens with zero attached hydrogens (tertiary/aromatic N) is 6. The first-order chi connectivity index (χ1) is 13.1. The Hall–Kier alpha value is -3.81. The van der Waals surface area contributed by atoms with E-state index in [4.69, 9.17) is 0 Å². The highest BCUT2D eigenvalue weighted by atomic mass is 16.3. The molecule has 0 aliphatic carbocycles. The van der Waals surface area contributed by atoms with Crippen molar-refractivity contribution in [3.05, 3.63) is 48.0 Å². The molecule has 0 bridgehead atoms. The highest BCUT2D eigenvalue weighted by molar-refractivity contribution is 6.03. The van der Waals surface area contributed by atoms with Crippen molar-refractivity contribution in [2.24, 2.45) is 17.3 Å². The van der Waals surface area contributed by atoms with Gasteiger partial charge in [0.15, 0.2) is 11.3 Å². The number of fused-ring (bicyclic) bond motifs is 4. The highest BCUT2D eigenvalue weighted by Gasteiger charge is 2.15. The number of hydrogen-bond acceptors (Lipinski definition) is 6. The van der Waals surface area contributed by atoms with E-state index in [1.165, 1.54) is 0 Å². The average molecular weight is 357 g/mol. The number of nitrogens with one attached hydrogen (secondary N) is 1. The second-order valence-electron chi connectivity index (χ2n) is 6.43. The zero-order chi connectivity index (χ0) is 18.5. The number of para-hydroxylation sites is 1. The molecule has 0 unspecified atom stereocenters. The molecular weight excluding hydrogens is 342 g/mol. The van der Waals surface area contributed by atoms with Crippen LogP contribution in [0.5, 0.6) is 5.88 Å². The van der Waals surface area contributed by atoms with Crippen molar-refractivity contribution in [1.82, 2.24) is 24.7 Å². The number of aromatic hydroxyl groups is 1. The van der Waals surface area contributed by atoms with E-state index >= 15 is 0 Å². The number of aromatic nitrogens is 5. The van der Waals surface area contributed by atoms with E-state index in [0.29, 0.717) is 16.9 Å². The van der Waals surface area contributed by atoms with Crippen molar-refractivity contribution in [2.75, 3.05) is 0 Å². The van der Waals surface area contributed by atoms with Gasteiger partial charge >= 0.3 is 0 Å². The lowest BCUT2D eigenvalue weighted by atomic mass is 10.1. The van der Waals surface area contributed by atoms with Crippen LogP contribution in [0.15, 0.2) is 52.7 Å². The van der Waals surface area contributed by atoms with Gasteiger partial charge in [0.25, 0.3) is 5.95 Å². The minimum absolute atomic E-state index is 0.0407. The van der Waals surface area contributed by atoms with E-state index in [9.17, 15) is 5.11 Å². The normalized spacial score (nSPS) is 12.1. The Morgan fingerprint density at radius 3 is 2.78 bits per heavy atom. The first-order valence-corrected chi connectivity index (χ1v) is 8.43. The molecule has 0 aliphatic heterocycles. The van der Waals surface area contributed by atoms with Crippen molar-refractivity contribution in [3.8, 4) is 5.88 Å². The molecule has 27 heavy (non-hydrogen) atoms. The van der Waals surface area contributed by atoms with E-state index < -0.39 is 0 Å². The molecular formula is C19H15N7O. The minimum Gasteiger partial charge on any atom is -0.493 e. The number of benzene rings is 2. The lowest BCUT2D eigenvalue weighted by molar-refractivity contribution is 0.436. The zero-order valence-electron chi connectivity index (χ0n) is 14.7. The molecule has 8 nitrogen and oxygen atoms in total. The molecule has 0 fully saturated rings. The van der Waals surface area contributed by atoms with Gasteiger partial charge in [-0.05, 0) is 25.1 Å². The topological polar surface area (TPSA) is 104 Å². The molecule has 0 spiro atoms. The van der Waals surface area contributed by atoms with Gasteiger partial charge in [-0.2, -0.15) is 4.98 Å². The first kappa shape index (κ1) is 15.4. The smallest absolute Gasteiger partial charge is 0.289 e. The Balaban J connectivity index is 1.62. The number of H-pyrrole nitrogens is 1. The lowest BCUT2D eigenvalue weighted by Gasteiger charge is -1.96. The summed E-state index contributed by atoms with van der Waals surface area (Å²) in [6.45, 7) is 1.99. The van der Waals surface area contributed by atoms with E-state index in [1.807, 2.05) is 49.4 Å². The predicted octanol–water partition coefficient (Wildman–Crippen LogP) is 4.43. The maximum atomic E-state index is 10.4. The van der Waals surface area contributed by atoms with Crippen molar-refractivity contribution in [1.29, 1.82) is 0 Å². The van der Waals surface area contributed by atoms with E-state index in [0.717, 1.165) is 27.4 Å². The summed E-state index contributed by atoms with van der Waals surface area (Å²) in [5, 5.41) is 28.7. The number of aromatic amines is 1. The second-order valence-corrected chi connectivity index (χ2v) is 6.43. The van der Waals surface area contributed by atoms with Crippen molar-refractivity contribution >= 4 is 44.6 Å². The summed E-state index contributed by atoms with van der Waals surface area (Å²) in [5.41, 5.74) is 4.55. The van der Waals surface area contributed by atoms with E-state index in [-0.39, 0.29) is 11.8 Å². The maximum absolute atomic E-state index is 10.4.